The first-order valence-corrected chi connectivity index (χ1v) is 6.82. The Bertz CT molecular complexity index is 744. The Balaban J connectivity index is 2.06. The van der Waals surface area contributed by atoms with Gasteiger partial charge in [-0.25, -0.2) is 19.6 Å². The third-order valence-electron chi connectivity index (χ3n) is 2.80. The van der Waals surface area contributed by atoms with E-state index in [1.165, 1.54) is 12.4 Å². The third kappa shape index (κ3) is 4.79. The molecule has 1 aromatic heterocycles. The summed E-state index contributed by atoms with van der Waals surface area (Å²) in [5.41, 5.74) is 0.546. The maximum absolute atomic E-state index is 10.7. The number of rotatable bonds is 6. The zero-order valence-electron chi connectivity index (χ0n) is 11.7. The number of carboxylic acids is 2. The van der Waals surface area contributed by atoms with Crippen LogP contribution in [0.5, 0.6) is 0 Å². The number of hydrogen-bond donors (Lipinski definition) is 3. The molecule has 2 rings (SSSR count). The van der Waals surface area contributed by atoms with Gasteiger partial charge >= 0.3 is 11.9 Å². The van der Waals surface area contributed by atoms with Gasteiger partial charge in [0.05, 0.1) is 18.1 Å². The van der Waals surface area contributed by atoms with Crippen LogP contribution >= 0.6 is 11.6 Å². The van der Waals surface area contributed by atoms with Crippen LogP contribution in [-0.4, -0.2) is 32.1 Å². The second-order valence-electron chi connectivity index (χ2n) is 4.51. The molecule has 1 heterocycles. The van der Waals surface area contributed by atoms with E-state index in [1.807, 2.05) is 18.2 Å². The van der Waals surface area contributed by atoms with E-state index in [9.17, 15) is 9.59 Å². The highest BCUT2D eigenvalue weighted by Gasteiger charge is 2.15. The fraction of sp³-hybridized carbons (Fsp3) is 0.0667. The molecule has 8 heteroatoms. The average molecular weight is 334 g/mol. The van der Waals surface area contributed by atoms with Crippen molar-refractivity contribution in [1.82, 2.24) is 9.97 Å². The second-order valence-corrected chi connectivity index (χ2v) is 4.94. The summed E-state index contributed by atoms with van der Waals surface area (Å²) < 4.78 is 0. The van der Waals surface area contributed by atoms with Crippen molar-refractivity contribution in [2.24, 2.45) is 0 Å². The Morgan fingerprint density at radius 2 is 1.83 bits per heavy atom. The summed E-state index contributed by atoms with van der Waals surface area (Å²) in [4.78, 5) is 29.7. The molecular weight excluding hydrogens is 322 g/mol. The van der Waals surface area contributed by atoms with Crippen molar-refractivity contribution < 1.29 is 19.8 Å². The van der Waals surface area contributed by atoms with Gasteiger partial charge in [0.25, 0.3) is 0 Å². The molecule has 0 unspecified atom stereocenters. The number of nitrogens with one attached hydrogen (secondary N) is 1. The summed E-state index contributed by atoms with van der Waals surface area (Å²) in [6.07, 6.45) is 4.24. The molecule has 0 aliphatic rings. The number of carbonyl (C=O) groups is 2. The van der Waals surface area contributed by atoms with Gasteiger partial charge in [0.1, 0.15) is 5.82 Å². The third-order valence-corrected chi connectivity index (χ3v) is 3.04. The fourth-order valence-corrected chi connectivity index (χ4v) is 1.93. The molecule has 0 aliphatic carbocycles. The van der Waals surface area contributed by atoms with Gasteiger partial charge in [-0.2, -0.15) is 0 Å². The highest BCUT2D eigenvalue weighted by molar-refractivity contribution is 6.30. The molecular formula is C15H12ClN3O4. The molecule has 0 fully saturated rings. The Kier molecular flexibility index (Phi) is 5.27. The first kappa shape index (κ1) is 16.4. The summed E-state index contributed by atoms with van der Waals surface area (Å²) in [5.74, 6) is -2.52. The van der Waals surface area contributed by atoms with E-state index in [0.717, 1.165) is 11.8 Å². The quantitative estimate of drug-likeness (QED) is 0.422. The van der Waals surface area contributed by atoms with Crippen molar-refractivity contribution in [3.63, 3.8) is 0 Å². The van der Waals surface area contributed by atoms with E-state index in [1.54, 1.807) is 6.07 Å². The van der Waals surface area contributed by atoms with E-state index in [2.05, 4.69) is 15.3 Å². The van der Waals surface area contributed by atoms with Crippen LogP contribution in [0.1, 0.15) is 11.4 Å². The molecule has 1 aromatic carbocycles. The van der Waals surface area contributed by atoms with Crippen LogP contribution < -0.4 is 5.32 Å². The SMILES string of the molecule is O=C(O)C(=CNc1cnc(Cc2cccc(Cl)c2)nc1)C(=O)O. The van der Waals surface area contributed by atoms with E-state index in [4.69, 9.17) is 21.8 Å². The van der Waals surface area contributed by atoms with Gasteiger partial charge in [0.15, 0.2) is 5.57 Å². The average Bonchev–Trinajstić information content (AvgIpc) is 2.48. The van der Waals surface area contributed by atoms with Crippen LogP contribution in [0.25, 0.3) is 0 Å². The molecule has 0 saturated heterocycles. The number of benzene rings is 1. The normalized spacial score (nSPS) is 9.96. The minimum absolute atomic E-state index is 0.375. The molecule has 118 valence electrons. The van der Waals surface area contributed by atoms with Crippen LogP contribution in [-0.2, 0) is 16.0 Å². The van der Waals surface area contributed by atoms with Crippen molar-refractivity contribution in [3.8, 4) is 0 Å². The maximum atomic E-state index is 10.7. The Labute approximate surface area is 136 Å². The van der Waals surface area contributed by atoms with Crippen LogP contribution in [0.3, 0.4) is 0 Å². The van der Waals surface area contributed by atoms with Crippen LogP contribution in [0.15, 0.2) is 48.4 Å². The summed E-state index contributed by atoms with van der Waals surface area (Å²) in [6, 6.07) is 7.31. The zero-order valence-corrected chi connectivity index (χ0v) is 12.5. The van der Waals surface area contributed by atoms with Gasteiger partial charge in [-0.15, -0.1) is 0 Å². The summed E-state index contributed by atoms with van der Waals surface area (Å²) >= 11 is 5.91. The predicted octanol–water partition coefficient (Wildman–Crippen LogP) is 2.19. The zero-order chi connectivity index (χ0) is 16.8. The van der Waals surface area contributed by atoms with Gasteiger partial charge in [0, 0.05) is 17.6 Å². The van der Waals surface area contributed by atoms with Crippen LogP contribution in [0.2, 0.25) is 5.02 Å². The molecule has 3 N–H and O–H groups in total. The van der Waals surface area contributed by atoms with Gasteiger partial charge in [-0.1, -0.05) is 23.7 Å². The van der Waals surface area contributed by atoms with E-state index in [-0.39, 0.29) is 0 Å². The molecule has 0 spiro atoms. The van der Waals surface area contributed by atoms with Crippen molar-refractivity contribution in [3.05, 3.63) is 64.8 Å². The Morgan fingerprint density at radius 3 is 2.39 bits per heavy atom. The molecule has 2 aromatic rings. The highest BCUT2D eigenvalue weighted by Crippen LogP contribution is 2.13. The number of aliphatic carboxylic acids is 2. The van der Waals surface area contributed by atoms with E-state index < -0.39 is 17.5 Å². The van der Waals surface area contributed by atoms with Crippen molar-refractivity contribution in [2.45, 2.75) is 6.42 Å². The predicted molar refractivity (Wildman–Crippen MR) is 83.3 cm³/mol. The van der Waals surface area contributed by atoms with Gasteiger partial charge < -0.3 is 15.5 Å². The number of anilines is 1. The maximum Gasteiger partial charge on any atom is 0.344 e. The largest absolute Gasteiger partial charge is 0.477 e. The standard InChI is InChI=1S/C15H12ClN3O4/c16-10-3-1-2-9(4-10)5-13-18-6-11(7-19-13)17-8-12(14(20)21)15(22)23/h1-4,6-8,17H,5H2,(H,20,21)(H,22,23). The lowest BCUT2D eigenvalue weighted by Crippen LogP contribution is -2.13. The molecule has 0 atom stereocenters. The summed E-state index contributed by atoms with van der Waals surface area (Å²) in [6.45, 7) is 0. The molecule has 0 aliphatic heterocycles. The van der Waals surface area contributed by atoms with Gasteiger partial charge in [-0.3, -0.25) is 0 Å². The Hall–Kier alpha value is -2.93. The first-order valence-electron chi connectivity index (χ1n) is 6.44. The Morgan fingerprint density at radius 1 is 1.17 bits per heavy atom. The second kappa shape index (κ2) is 7.37. The van der Waals surface area contributed by atoms with Crippen molar-refractivity contribution >= 4 is 29.2 Å². The van der Waals surface area contributed by atoms with Crippen LogP contribution in [0.4, 0.5) is 5.69 Å². The summed E-state index contributed by atoms with van der Waals surface area (Å²) in [7, 11) is 0. The topological polar surface area (TPSA) is 112 Å². The smallest absolute Gasteiger partial charge is 0.344 e. The van der Waals surface area contributed by atoms with E-state index in [0.29, 0.717) is 23.0 Å². The first-order chi connectivity index (χ1) is 11.0. The monoisotopic (exact) mass is 333 g/mol. The summed E-state index contributed by atoms with van der Waals surface area (Å²) in [5, 5.41) is 20.6. The lowest BCUT2D eigenvalue weighted by Gasteiger charge is -2.04. The minimum atomic E-state index is -1.54. The molecule has 0 saturated carbocycles. The lowest BCUT2D eigenvalue weighted by molar-refractivity contribution is -0.140. The van der Waals surface area contributed by atoms with Crippen molar-refractivity contribution in [2.75, 3.05) is 5.32 Å². The lowest BCUT2D eigenvalue weighted by atomic mass is 10.1. The molecule has 0 amide bonds. The van der Waals surface area contributed by atoms with Gasteiger partial charge in [-0.05, 0) is 17.7 Å². The van der Waals surface area contributed by atoms with Crippen molar-refractivity contribution in [1.29, 1.82) is 0 Å². The number of nitrogens with zero attached hydrogens (tertiary/aromatic N) is 2. The molecule has 0 bridgehead atoms. The molecule has 0 radical (unpaired) electrons. The van der Waals surface area contributed by atoms with E-state index >= 15 is 0 Å². The van der Waals surface area contributed by atoms with Crippen LogP contribution in [0, 0.1) is 0 Å². The number of halogens is 1. The molecule has 23 heavy (non-hydrogen) atoms. The molecule has 7 nitrogen and oxygen atoms in total. The highest BCUT2D eigenvalue weighted by atomic mass is 35.5. The van der Waals surface area contributed by atoms with Gasteiger partial charge in [0.2, 0.25) is 0 Å². The number of carboxylic acid groups (broad SMARTS) is 2. The fourth-order valence-electron chi connectivity index (χ4n) is 1.72. The number of aromatic nitrogens is 2. The minimum Gasteiger partial charge on any atom is -0.477 e. The number of hydrogen-bond acceptors (Lipinski definition) is 5.